The fraction of sp³-hybridized carbons (Fsp3) is 0.455. The van der Waals surface area contributed by atoms with Crippen molar-refractivity contribution in [3.63, 3.8) is 0 Å². The molecule has 1 heterocycles. The molecule has 0 aromatic carbocycles. The van der Waals surface area contributed by atoms with Gasteiger partial charge in [-0.3, -0.25) is 9.59 Å². The van der Waals surface area contributed by atoms with E-state index in [-0.39, 0.29) is 17.6 Å². The summed E-state index contributed by atoms with van der Waals surface area (Å²) in [5.41, 5.74) is 0.789. The van der Waals surface area contributed by atoms with Crippen molar-refractivity contribution in [3.05, 3.63) is 18.5 Å². The molecule has 2 rings (SSSR count). The van der Waals surface area contributed by atoms with Crippen LogP contribution < -0.4 is 5.32 Å². The van der Waals surface area contributed by atoms with Gasteiger partial charge in [0.15, 0.2) is 0 Å². The molecule has 80 valence electrons. The number of aromatic nitrogens is 1. The second-order valence-electron chi connectivity index (χ2n) is 3.90. The van der Waals surface area contributed by atoms with Crippen molar-refractivity contribution in [1.82, 2.24) is 4.98 Å². The molecule has 0 unspecified atom stereocenters. The highest BCUT2D eigenvalue weighted by molar-refractivity contribution is 5.93. The van der Waals surface area contributed by atoms with Gasteiger partial charge in [0.05, 0.1) is 5.69 Å². The molecule has 0 bridgehead atoms. The number of amides is 1. The van der Waals surface area contributed by atoms with E-state index in [2.05, 4.69) is 10.3 Å². The highest BCUT2D eigenvalue weighted by Crippen LogP contribution is 2.22. The first-order valence-corrected chi connectivity index (χ1v) is 5.21. The SMILES string of the molecule is O=C1CCC(C(=O)Nc2cc[nH]c2)CC1. The smallest absolute Gasteiger partial charge is 0.227 e. The Kier molecular flexibility index (Phi) is 2.85. The minimum absolute atomic E-state index is 0.00222. The lowest BCUT2D eigenvalue weighted by Gasteiger charge is -2.19. The highest BCUT2D eigenvalue weighted by Gasteiger charge is 2.24. The third-order valence-corrected chi connectivity index (χ3v) is 2.78. The van der Waals surface area contributed by atoms with Crippen LogP contribution in [0.5, 0.6) is 0 Å². The minimum atomic E-state index is -0.00222. The molecule has 1 aliphatic carbocycles. The van der Waals surface area contributed by atoms with Crippen molar-refractivity contribution in [1.29, 1.82) is 0 Å². The Balaban J connectivity index is 1.89. The number of H-pyrrole nitrogens is 1. The maximum Gasteiger partial charge on any atom is 0.227 e. The average molecular weight is 206 g/mol. The van der Waals surface area contributed by atoms with Crippen LogP contribution in [0.4, 0.5) is 5.69 Å². The second-order valence-corrected chi connectivity index (χ2v) is 3.90. The van der Waals surface area contributed by atoms with E-state index in [4.69, 9.17) is 0 Å². The number of nitrogens with one attached hydrogen (secondary N) is 2. The van der Waals surface area contributed by atoms with E-state index in [1.165, 1.54) is 0 Å². The molecule has 0 radical (unpaired) electrons. The maximum atomic E-state index is 11.7. The van der Waals surface area contributed by atoms with Gasteiger partial charge in [-0.15, -0.1) is 0 Å². The van der Waals surface area contributed by atoms with Gasteiger partial charge in [-0.05, 0) is 18.9 Å². The topological polar surface area (TPSA) is 62.0 Å². The zero-order valence-corrected chi connectivity index (χ0v) is 8.45. The molecule has 2 N–H and O–H groups in total. The molecule has 4 heteroatoms. The van der Waals surface area contributed by atoms with Crippen molar-refractivity contribution in [2.45, 2.75) is 25.7 Å². The van der Waals surface area contributed by atoms with Crippen molar-refractivity contribution < 1.29 is 9.59 Å². The van der Waals surface area contributed by atoms with Crippen LogP contribution in [0.2, 0.25) is 0 Å². The summed E-state index contributed by atoms with van der Waals surface area (Å²) in [6, 6.07) is 1.81. The summed E-state index contributed by atoms with van der Waals surface area (Å²) >= 11 is 0. The number of rotatable bonds is 2. The van der Waals surface area contributed by atoms with Gasteiger partial charge in [0, 0.05) is 31.2 Å². The summed E-state index contributed by atoms with van der Waals surface area (Å²) in [4.78, 5) is 25.6. The van der Waals surface area contributed by atoms with Gasteiger partial charge in [0.1, 0.15) is 5.78 Å². The molecule has 15 heavy (non-hydrogen) atoms. The van der Waals surface area contributed by atoms with Crippen LogP contribution in [0.25, 0.3) is 0 Å². The van der Waals surface area contributed by atoms with Crippen molar-refractivity contribution in [2.75, 3.05) is 5.32 Å². The van der Waals surface area contributed by atoms with Gasteiger partial charge in [-0.25, -0.2) is 0 Å². The third-order valence-electron chi connectivity index (χ3n) is 2.78. The van der Waals surface area contributed by atoms with Gasteiger partial charge in [-0.1, -0.05) is 0 Å². The quantitative estimate of drug-likeness (QED) is 0.773. The van der Waals surface area contributed by atoms with E-state index in [1.54, 1.807) is 12.4 Å². The molecule has 1 aromatic rings. The molecule has 1 fully saturated rings. The zero-order chi connectivity index (χ0) is 10.7. The standard InChI is InChI=1S/C11H14N2O2/c14-10-3-1-8(2-4-10)11(15)13-9-5-6-12-7-9/h5-8,12H,1-4H2,(H,13,15). The van der Waals surface area contributed by atoms with Crippen LogP contribution in [-0.4, -0.2) is 16.7 Å². The molecule has 1 amide bonds. The Labute approximate surface area is 88.1 Å². The number of hydrogen-bond acceptors (Lipinski definition) is 2. The Morgan fingerprint density at radius 2 is 2.13 bits per heavy atom. The predicted octanol–water partition coefficient (Wildman–Crippen LogP) is 1.71. The Hall–Kier alpha value is -1.58. The predicted molar refractivity (Wildman–Crippen MR) is 56.4 cm³/mol. The lowest BCUT2D eigenvalue weighted by Crippen LogP contribution is -2.27. The summed E-state index contributed by atoms with van der Waals surface area (Å²) in [5, 5.41) is 2.82. The summed E-state index contributed by atoms with van der Waals surface area (Å²) in [6.07, 6.45) is 5.98. The largest absolute Gasteiger partial charge is 0.366 e. The zero-order valence-electron chi connectivity index (χ0n) is 8.45. The van der Waals surface area contributed by atoms with E-state index < -0.39 is 0 Å². The van der Waals surface area contributed by atoms with E-state index >= 15 is 0 Å². The average Bonchev–Trinajstić information content (AvgIpc) is 2.71. The Morgan fingerprint density at radius 3 is 2.73 bits per heavy atom. The molecule has 0 aliphatic heterocycles. The lowest BCUT2D eigenvalue weighted by atomic mass is 9.88. The minimum Gasteiger partial charge on any atom is -0.366 e. The van der Waals surface area contributed by atoms with Crippen molar-refractivity contribution in [3.8, 4) is 0 Å². The summed E-state index contributed by atoms with van der Waals surface area (Å²) in [6.45, 7) is 0. The van der Waals surface area contributed by atoms with Crippen LogP contribution in [0.15, 0.2) is 18.5 Å². The molecule has 0 saturated heterocycles. The summed E-state index contributed by atoms with van der Waals surface area (Å²) in [7, 11) is 0. The number of aromatic amines is 1. The number of anilines is 1. The van der Waals surface area contributed by atoms with E-state index in [0.29, 0.717) is 25.7 Å². The van der Waals surface area contributed by atoms with Crippen LogP contribution in [0.3, 0.4) is 0 Å². The van der Waals surface area contributed by atoms with Gasteiger partial charge < -0.3 is 10.3 Å². The number of hydrogen-bond donors (Lipinski definition) is 2. The monoisotopic (exact) mass is 206 g/mol. The van der Waals surface area contributed by atoms with Gasteiger partial charge in [0.2, 0.25) is 5.91 Å². The van der Waals surface area contributed by atoms with E-state index in [9.17, 15) is 9.59 Å². The molecule has 1 aliphatic rings. The molecule has 0 spiro atoms. The second kappa shape index (κ2) is 4.29. The van der Waals surface area contributed by atoms with Crippen molar-refractivity contribution in [2.24, 2.45) is 5.92 Å². The lowest BCUT2D eigenvalue weighted by molar-refractivity contribution is -0.125. The normalized spacial score (nSPS) is 17.7. The van der Waals surface area contributed by atoms with Crippen molar-refractivity contribution >= 4 is 17.4 Å². The molecule has 4 nitrogen and oxygen atoms in total. The first-order valence-electron chi connectivity index (χ1n) is 5.21. The molecule has 1 saturated carbocycles. The van der Waals surface area contributed by atoms with Gasteiger partial charge in [0.25, 0.3) is 0 Å². The molecular weight excluding hydrogens is 192 g/mol. The van der Waals surface area contributed by atoms with Crippen LogP contribution in [-0.2, 0) is 9.59 Å². The number of ketones is 1. The number of Topliss-reactive ketones (excluding diaryl/α,β-unsaturated/α-hetero) is 1. The molecular formula is C11H14N2O2. The summed E-state index contributed by atoms with van der Waals surface area (Å²) < 4.78 is 0. The van der Waals surface area contributed by atoms with Crippen LogP contribution >= 0.6 is 0 Å². The van der Waals surface area contributed by atoms with Crippen LogP contribution in [0, 0.1) is 5.92 Å². The number of carbonyl (C=O) groups is 2. The fourth-order valence-electron chi connectivity index (χ4n) is 1.85. The summed E-state index contributed by atoms with van der Waals surface area (Å²) in [5.74, 6) is 0.306. The maximum absolute atomic E-state index is 11.7. The van der Waals surface area contributed by atoms with Gasteiger partial charge in [-0.2, -0.15) is 0 Å². The fourth-order valence-corrected chi connectivity index (χ4v) is 1.85. The first kappa shape index (κ1) is 9.96. The first-order chi connectivity index (χ1) is 7.25. The molecule has 1 aromatic heterocycles. The Bertz CT molecular complexity index is 347. The third kappa shape index (κ3) is 2.46. The number of carbonyl (C=O) groups excluding carboxylic acids is 2. The van der Waals surface area contributed by atoms with Gasteiger partial charge >= 0.3 is 0 Å². The molecule has 0 atom stereocenters. The van der Waals surface area contributed by atoms with E-state index in [0.717, 1.165) is 5.69 Å². The Morgan fingerprint density at radius 1 is 1.40 bits per heavy atom. The highest BCUT2D eigenvalue weighted by atomic mass is 16.2. The van der Waals surface area contributed by atoms with E-state index in [1.807, 2.05) is 6.07 Å². The van der Waals surface area contributed by atoms with Crippen LogP contribution in [0.1, 0.15) is 25.7 Å².